The normalized spacial score (nSPS) is 11.7. The van der Waals surface area contributed by atoms with Crippen LogP contribution in [0.2, 0.25) is 0 Å². The average Bonchev–Trinajstić information content (AvgIpc) is 2.86. The van der Waals surface area contributed by atoms with Crippen LogP contribution in [-0.2, 0) is 11.8 Å². The molecule has 0 bridgehead atoms. The Morgan fingerprint density at radius 2 is 2.35 bits per heavy atom. The molecule has 6 nitrogen and oxygen atoms in total. The largest absolute Gasteiger partial charge is 0.323 e. The molecule has 0 spiro atoms. The lowest BCUT2D eigenvalue weighted by atomic mass is 10.1. The van der Waals surface area contributed by atoms with Gasteiger partial charge in [-0.25, -0.2) is 0 Å². The van der Waals surface area contributed by atoms with Crippen LogP contribution in [0, 0.1) is 11.3 Å². The lowest BCUT2D eigenvalue weighted by Gasteiger charge is -2.12. The smallest absolute Gasteiger partial charge is 0.246 e. The van der Waals surface area contributed by atoms with Crippen LogP contribution in [0.15, 0.2) is 35.1 Å². The molecule has 1 atom stereocenters. The van der Waals surface area contributed by atoms with Crippen LogP contribution in [0.1, 0.15) is 17.2 Å². The number of hydrogen-bond donors (Lipinski definition) is 2. The zero-order chi connectivity index (χ0) is 14.7. The molecule has 1 heterocycles. The Balaban J connectivity index is 2.14. The lowest BCUT2D eigenvalue weighted by Crippen LogP contribution is -2.27. The molecule has 0 saturated heterocycles. The van der Waals surface area contributed by atoms with Gasteiger partial charge in [0, 0.05) is 23.3 Å². The molecule has 1 aromatic heterocycles. The van der Waals surface area contributed by atoms with Crippen molar-refractivity contribution in [3.05, 3.63) is 46.2 Å². The summed E-state index contributed by atoms with van der Waals surface area (Å²) in [7, 11) is 1.76. The minimum atomic E-state index is -0.800. The van der Waals surface area contributed by atoms with Gasteiger partial charge >= 0.3 is 0 Å². The van der Waals surface area contributed by atoms with E-state index in [-0.39, 0.29) is 5.91 Å². The molecule has 0 aliphatic heterocycles. The van der Waals surface area contributed by atoms with Gasteiger partial charge < -0.3 is 11.1 Å². The Labute approximate surface area is 124 Å². The molecule has 0 radical (unpaired) electrons. The molecular formula is C13H12BrN5O. The van der Waals surface area contributed by atoms with E-state index in [2.05, 4.69) is 26.3 Å². The first kappa shape index (κ1) is 14.2. The van der Waals surface area contributed by atoms with E-state index in [4.69, 9.17) is 11.0 Å². The second-order valence-electron chi connectivity index (χ2n) is 4.22. The topological polar surface area (TPSA) is 96.7 Å². The van der Waals surface area contributed by atoms with Gasteiger partial charge in [-0.15, -0.1) is 0 Å². The first-order valence-electron chi connectivity index (χ1n) is 5.76. The fraction of sp³-hybridized carbons (Fsp3) is 0.154. The number of benzene rings is 1. The highest BCUT2D eigenvalue weighted by atomic mass is 79.9. The predicted octanol–water partition coefficient (Wildman–Crippen LogP) is 1.69. The second kappa shape index (κ2) is 5.86. The summed E-state index contributed by atoms with van der Waals surface area (Å²) in [6.07, 6.45) is 3.25. The van der Waals surface area contributed by atoms with E-state index in [9.17, 15) is 4.79 Å². The molecule has 7 heteroatoms. The summed E-state index contributed by atoms with van der Waals surface area (Å²) >= 11 is 3.30. The second-order valence-corrected chi connectivity index (χ2v) is 5.08. The molecule has 102 valence electrons. The number of anilines is 1. The van der Waals surface area contributed by atoms with Crippen molar-refractivity contribution in [3.63, 3.8) is 0 Å². The van der Waals surface area contributed by atoms with Crippen LogP contribution in [-0.4, -0.2) is 15.7 Å². The fourth-order valence-corrected chi connectivity index (χ4v) is 2.13. The first-order valence-corrected chi connectivity index (χ1v) is 6.55. The summed E-state index contributed by atoms with van der Waals surface area (Å²) in [5, 5.41) is 15.5. The van der Waals surface area contributed by atoms with E-state index in [1.54, 1.807) is 42.3 Å². The van der Waals surface area contributed by atoms with Gasteiger partial charge in [0.15, 0.2) is 0 Å². The average molecular weight is 334 g/mol. The van der Waals surface area contributed by atoms with Crippen molar-refractivity contribution in [2.24, 2.45) is 12.8 Å². The molecule has 1 unspecified atom stereocenters. The third kappa shape index (κ3) is 3.04. The van der Waals surface area contributed by atoms with Crippen LogP contribution >= 0.6 is 15.9 Å². The van der Waals surface area contributed by atoms with Gasteiger partial charge in [0.1, 0.15) is 6.04 Å². The maximum absolute atomic E-state index is 12.1. The van der Waals surface area contributed by atoms with E-state index in [0.717, 1.165) is 0 Å². The van der Waals surface area contributed by atoms with Crippen molar-refractivity contribution in [1.82, 2.24) is 9.78 Å². The van der Waals surface area contributed by atoms with Gasteiger partial charge in [-0.3, -0.25) is 9.48 Å². The van der Waals surface area contributed by atoms with Gasteiger partial charge in [-0.2, -0.15) is 10.4 Å². The van der Waals surface area contributed by atoms with Crippen LogP contribution < -0.4 is 11.1 Å². The number of nitrogens with zero attached hydrogens (tertiary/aromatic N) is 3. The Kier molecular flexibility index (Phi) is 4.17. The number of hydrogen-bond acceptors (Lipinski definition) is 4. The predicted molar refractivity (Wildman–Crippen MR) is 77.6 cm³/mol. The van der Waals surface area contributed by atoms with Gasteiger partial charge in [-0.05, 0) is 34.1 Å². The van der Waals surface area contributed by atoms with E-state index in [1.165, 1.54) is 0 Å². The fourth-order valence-electron chi connectivity index (χ4n) is 1.65. The maximum Gasteiger partial charge on any atom is 0.246 e. The third-order valence-electron chi connectivity index (χ3n) is 2.72. The number of nitriles is 1. The lowest BCUT2D eigenvalue weighted by molar-refractivity contribution is -0.117. The van der Waals surface area contributed by atoms with Crippen molar-refractivity contribution < 1.29 is 4.79 Å². The molecule has 0 aliphatic rings. The first-order chi connectivity index (χ1) is 9.51. The molecule has 0 saturated carbocycles. The number of halogens is 1. The number of nitrogens with two attached hydrogens (primary N) is 1. The van der Waals surface area contributed by atoms with E-state index in [0.29, 0.717) is 21.3 Å². The summed E-state index contributed by atoms with van der Waals surface area (Å²) in [6, 6.07) is 6.12. The highest BCUT2D eigenvalue weighted by Crippen LogP contribution is 2.24. The molecule has 1 aromatic carbocycles. The Morgan fingerprint density at radius 3 is 2.90 bits per heavy atom. The van der Waals surface area contributed by atoms with Crippen molar-refractivity contribution in [1.29, 1.82) is 5.26 Å². The number of rotatable bonds is 3. The number of aryl methyl sites for hydroxylation is 1. The summed E-state index contributed by atoms with van der Waals surface area (Å²) in [5.41, 5.74) is 7.58. The molecular weight excluding hydrogens is 322 g/mol. The Morgan fingerprint density at radius 1 is 1.60 bits per heavy atom. The van der Waals surface area contributed by atoms with Crippen LogP contribution in [0.5, 0.6) is 0 Å². The van der Waals surface area contributed by atoms with Gasteiger partial charge in [0.05, 0.1) is 23.5 Å². The highest BCUT2D eigenvalue weighted by Gasteiger charge is 2.18. The van der Waals surface area contributed by atoms with Crippen LogP contribution in [0.3, 0.4) is 0 Å². The molecule has 2 rings (SSSR count). The van der Waals surface area contributed by atoms with Crippen LogP contribution in [0.25, 0.3) is 0 Å². The monoisotopic (exact) mass is 333 g/mol. The Hall–Kier alpha value is -2.17. The summed E-state index contributed by atoms with van der Waals surface area (Å²) < 4.78 is 2.21. The quantitative estimate of drug-likeness (QED) is 0.893. The minimum Gasteiger partial charge on any atom is -0.323 e. The number of nitrogens with one attached hydrogen (secondary N) is 1. The van der Waals surface area contributed by atoms with Gasteiger partial charge in [-0.1, -0.05) is 0 Å². The van der Waals surface area contributed by atoms with Crippen LogP contribution in [0.4, 0.5) is 5.69 Å². The number of carbonyl (C=O) groups excluding carboxylic acids is 1. The molecule has 0 fully saturated rings. The van der Waals surface area contributed by atoms with Gasteiger partial charge in [0.2, 0.25) is 5.91 Å². The zero-order valence-electron chi connectivity index (χ0n) is 10.7. The van der Waals surface area contributed by atoms with Gasteiger partial charge in [0.25, 0.3) is 0 Å². The number of carbonyl (C=O) groups is 1. The molecule has 0 aliphatic carbocycles. The summed E-state index contributed by atoms with van der Waals surface area (Å²) in [6.45, 7) is 0. The Bertz CT molecular complexity index is 688. The van der Waals surface area contributed by atoms with Crippen molar-refractivity contribution in [2.75, 3.05) is 5.32 Å². The summed E-state index contributed by atoms with van der Waals surface area (Å²) in [4.78, 5) is 12.1. The van der Waals surface area contributed by atoms with Crippen molar-refractivity contribution in [3.8, 4) is 6.07 Å². The standard InChI is InChI=1S/C13H12BrN5O/c1-19-7-9(6-17-19)12(16)13(20)18-11-3-2-8(5-15)4-10(11)14/h2-4,6-7,12H,16H2,1H3,(H,18,20). The van der Waals surface area contributed by atoms with E-state index >= 15 is 0 Å². The highest BCUT2D eigenvalue weighted by molar-refractivity contribution is 9.10. The van der Waals surface area contributed by atoms with Crippen molar-refractivity contribution in [2.45, 2.75) is 6.04 Å². The SMILES string of the molecule is Cn1cc(C(N)C(=O)Nc2ccc(C#N)cc2Br)cn1. The van der Waals surface area contributed by atoms with Crippen molar-refractivity contribution >= 4 is 27.5 Å². The van der Waals surface area contributed by atoms with E-state index < -0.39 is 6.04 Å². The zero-order valence-corrected chi connectivity index (χ0v) is 12.3. The molecule has 2 aromatic rings. The maximum atomic E-state index is 12.1. The minimum absolute atomic E-state index is 0.344. The summed E-state index contributed by atoms with van der Waals surface area (Å²) in [5.74, 6) is -0.344. The third-order valence-corrected chi connectivity index (χ3v) is 3.38. The number of aromatic nitrogens is 2. The molecule has 1 amide bonds. The van der Waals surface area contributed by atoms with E-state index in [1.807, 2.05) is 6.07 Å². The molecule has 3 N–H and O–H groups in total. The molecule has 20 heavy (non-hydrogen) atoms. The number of amides is 1.